The fourth-order valence-electron chi connectivity index (χ4n) is 8.37. The van der Waals surface area contributed by atoms with E-state index in [2.05, 4.69) is 20.8 Å². The van der Waals surface area contributed by atoms with Crippen LogP contribution < -0.4 is 10.4 Å². The predicted molar refractivity (Wildman–Crippen MR) is 159 cm³/mol. The normalized spacial score (nSPS) is 22.3. The second kappa shape index (κ2) is 15.4. The summed E-state index contributed by atoms with van der Waals surface area (Å²) in [5.74, 6) is 3.54. The molecule has 4 heteroatoms. The zero-order valence-electron chi connectivity index (χ0n) is 25.3. The summed E-state index contributed by atoms with van der Waals surface area (Å²) in [5, 5.41) is 0. The lowest BCUT2D eigenvalue weighted by molar-refractivity contribution is -0.136. The fourth-order valence-corrected chi connectivity index (χ4v) is 8.37. The van der Waals surface area contributed by atoms with Crippen LogP contribution in [0.4, 0.5) is 0 Å². The molecule has 4 nitrogen and oxygen atoms in total. The number of hydrogen-bond donors (Lipinski definition) is 0. The monoisotopic (exact) mass is 540 g/mol. The molecule has 4 rings (SSSR count). The smallest absolute Gasteiger partial charge is 0.343 e. The maximum Gasteiger partial charge on any atom is 0.343 e. The van der Waals surface area contributed by atoms with Gasteiger partial charge in [-0.2, -0.15) is 0 Å². The molecule has 1 heterocycles. The summed E-state index contributed by atoms with van der Waals surface area (Å²) in [6.45, 7) is 6.58. The maximum absolute atomic E-state index is 13.8. The molecule has 1 aromatic heterocycles. The molecule has 3 saturated carbocycles. The zero-order chi connectivity index (χ0) is 27.6. The van der Waals surface area contributed by atoms with Gasteiger partial charge < -0.3 is 9.15 Å². The van der Waals surface area contributed by atoms with E-state index in [4.69, 9.17) is 9.15 Å². The Hall–Kier alpha value is -1.58. The largest absolute Gasteiger partial charge is 0.427 e. The van der Waals surface area contributed by atoms with Crippen molar-refractivity contribution in [2.75, 3.05) is 0 Å². The Morgan fingerprint density at radius 2 is 1.41 bits per heavy atom. The minimum absolute atomic E-state index is 0.0946. The Labute approximate surface area is 238 Å². The first-order valence-electron chi connectivity index (χ1n) is 16.9. The van der Waals surface area contributed by atoms with Crippen molar-refractivity contribution in [1.29, 1.82) is 0 Å². The van der Waals surface area contributed by atoms with E-state index >= 15 is 0 Å². The van der Waals surface area contributed by atoms with Crippen molar-refractivity contribution in [3.05, 3.63) is 27.8 Å². The van der Waals surface area contributed by atoms with Crippen LogP contribution in [0.15, 0.2) is 15.3 Å². The van der Waals surface area contributed by atoms with Crippen molar-refractivity contribution >= 4 is 5.97 Å². The van der Waals surface area contributed by atoms with Crippen LogP contribution in [0.5, 0.6) is 5.75 Å². The molecule has 1 aromatic rings. The van der Waals surface area contributed by atoms with Gasteiger partial charge >= 0.3 is 11.6 Å². The van der Waals surface area contributed by atoms with Crippen LogP contribution in [0.25, 0.3) is 0 Å². The SMILES string of the molecule is CCC(CC(=O)Oc1cc([C@H](CC)CC2CCCCC2)oc(=O)c1[C@H](CC)C1CCCCC1)C1CCCCC1. The van der Waals surface area contributed by atoms with Crippen LogP contribution in [0.3, 0.4) is 0 Å². The molecule has 3 aliphatic rings. The Bertz CT molecular complexity index is 930. The molecule has 0 saturated heterocycles. The second-order valence-electron chi connectivity index (χ2n) is 13.2. The number of carbonyl (C=O) groups excluding carboxylic acids is 1. The van der Waals surface area contributed by atoms with E-state index in [-0.39, 0.29) is 23.4 Å². The second-order valence-corrected chi connectivity index (χ2v) is 13.2. The number of ether oxygens (including phenoxy) is 1. The topological polar surface area (TPSA) is 56.5 Å². The summed E-state index contributed by atoms with van der Waals surface area (Å²) in [6.07, 6.45) is 23.2. The molecule has 0 aliphatic heterocycles. The van der Waals surface area contributed by atoms with Crippen LogP contribution in [0.1, 0.15) is 172 Å². The van der Waals surface area contributed by atoms with Gasteiger partial charge in [-0.15, -0.1) is 0 Å². The third-order valence-corrected chi connectivity index (χ3v) is 10.7. The lowest BCUT2D eigenvalue weighted by Gasteiger charge is -2.31. The molecule has 0 aromatic carbocycles. The summed E-state index contributed by atoms with van der Waals surface area (Å²) < 4.78 is 12.4. The average Bonchev–Trinajstić information content (AvgIpc) is 2.97. The number of esters is 1. The molecule has 0 N–H and O–H groups in total. The lowest BCUT2D eigenvalue weighted by Crippen LogP contribution is -2.26. The first kappa shape index (κ1) is 30.4. The van der Waals surface area contributed by atoms with Crippen LogP contribution >= 0.6 is 0 Å². The number of hydrogen-bond acceptors (Lipinski definition) is 4. The van der Waals surface area contributed by atoms with Gasteiger partial charge in [0.25, 0.3) is 0 Å². The van der Waals surface area contributed by atoms with Gasteiger partial charge in [0.1, 0.15) is 11.5 Å². The van der Waals surface area contributed by atoms with Gasteiger partial charge in [0.2, 0.25) is 0 Å². The number of carbonyl (C=O) groups is 1. The zero-order valence-corrected chi connectivity index (χ0v) is 25.3. The standard InChI is InChI=1S/C35H56O4/c1-4-26(28-18-12-8-13-19-28)23-33(36)38-32-24-31(27(5-2)22-25-16-10-7-11-17-25)39-35(37)34(32)30(6-3)29-20-14-9-15-21-29/h24-30H,4-23H2,1-3H3/t26?,27-,30-/m1/s1. The Morgan fingerprint density at radius 3 is 1.97 bits per heavy atom. The van der Waals surface area contributed by atoms with Gasteiger partial charge in [0, 0.05) is 18.4 Å². The van der Waals surface area contributed by atoms with Gasteiger partial charge in [-0.1, -0.05) is 111 Å². The van der Waals surface area contributed by atoms with Crippen LogP contribution in [0.2, 0.25) is 0 Å². The van der Waals surface area contributed by atoms with Crippen molar-refractivity contribution in [2.24, 2.45) is 23.7 Å². The van der Waals surface area contributed by atoms with E-state index in [1.165, 1.54) is 83.5 Å². The summed E-state index contributed by atoms with van der Waals surface area (Å²) >= 11 is 0. The van der Waals surface area contributed by atoms with Crippen molar-refractivity contribution < 1.29 is 13.9 Å². The van der Waals surface area contributed by atoms with Crippen molar-refractivity contribution in [2.45, 2.75) is 161 Å². The summed E-state index contributed by atoms with van der Waals surface area (Å²) in [4.78, 5) is 27.3. The van der Waals surface area contributed by atoms with Gasteiger partial charge in [0.15, 0.2) is 0 Å². The molecule has 3 aliphatic carbocycles. The van der Waals surface area contributed by atoms with E-state index in [0.29, 0.717) is 41.4 Å². The molecule has 0 spiro atoms. The average molecular weight is 541 g/mol. The Morgan fingerprint density at radius 1 is 0.821 bits per heavy atom. The molecule has 0 radical (unpaired) electrons. The molecular formula is C35H56O4. The van der Waals surface area contributed by atoms with E-state index in [0.717, 1.165) is 44.3 Å². The molecule has 39 heavy (non-hydrogen) atoms. The van der Waals surface area contributed by atoms with Gasteiger partial charge in [-0.3, -0.25) is 4.79 Å². The molecular weight excluding hydrogens is 484 g/mol. The fraction of sp³-hybridized carbons (Fsp3) is 0.829. The van der Waals surface area contributed by atoms with Crippen LogP contribution in [-0.2, 0) is 4.79 Å². The Kier molecular flexibility index (Phi) is 12.0. The van der Waals surface area contributed by atoms with E-state index in [1.807, 2.05) is 6.07 Å². The summed E-state index contributed by atoms with van der Waals surface area (Å²) in [6, 6.07) is 1.97. The highest BCUT2D eigenvalue weighted by molar-refractivity contribution is 5.73. The first-order valence-corrected chi connectivity index (χ1v) is 16.9. The Balaban J connectivity index is 1.61. The number of rotatable bonds is 12. The van der Waals surface area contributed by atoms with Crippen molar-refractivity contribution in [1.82, 2.24) is 0 Å². The van der Waals surface area contributed by atoms with E-state index < -0.39 is 0 Å². The molecule has 220 valence electrons. The quantitative estimate of drug-likeness (QED) is 0.247. The van der Waals surface area contributed by atoms with Crippen LogP contribution in [-0.4, -0.2) is 5.97 Å². The maximum atomic E-state index is 13.8. The molecule has 0 bridgehead atoms. The molecule has 3 fully saturated rings. The van der Waals surface area contributed by atoms with Gasteiger partial charge in [-0.25, -0.2) is 4.79 Å². The highest BCUT2D eigenvalue weighted by atomic mass is 16.5. The highest BCUT2D eigenvalue weighted by Crippen LogP contribution is 2.42. The minimum Gasteiger partial charge on any atom is -0.427 e. The summed E-state index contributed by atoms with van der Waals surface area (Å²) in [7, 11) is 0. The van der Waals surface area contributed by atoms with E-state index in [9.17, 15) is 9.59 Å². The van der Waals surface area contributed by atoms with Crippen molar-refractivity contribution in [3.8, 4) is 5.75 Å². The first-order chi connectivity index (χ1) is 19.0. The third-order valence-electron chi connectivity index (χ3n) is 10.7. The third kappa shape index (κ3) is 8.23. The highest BCUT2D eigenvalue weighted by Gasteiger charge is 2.33. The molecule has 0 amide bonds. The molecule has 1 unspecified atom stereocenters. The minimum atomic E-state index is -0.255. The van der Waals surface area contributed by atoms with Crippen LogP contribution in [0, 0.1) is 23.7 Å². The molecule has 3 atom stereocenters. The van der Waals surface area contributed by atoms with Gasteiger partial charge in [-0.05, 0) is 61.7 Å². The predicted octanol–water partition coefficient (Wildman–Crippen LogP) is 10.1. The van der Waals surface area contributed by atoms with E-state index in [1.54, 1.807) is 0 Å². The lowest BCUT2D eigenvalue weighted by atomic mass is 9.75. The van der Waals surface area contributed by atoms with Crippen molar-refractivity contribution in [3.63, 3.8) is 0 Å². The van der Waals surface area contributed by atoms with Gasteiger partial charge in [0.05, 0.1) is 5.56 Å². The summed E-state index contributed by atoms with van der Waals surface area (Å²) in [5.41, 5.74) is 0.383.